The first kappa shape index (κ1) is 19.7. The van der Waals surface area contributed by atoms with Crippen molar-refractivity contribution in [1.29, 1.82) is 0 Å². The molecule has 0 bridgehead atoms. The normalized spacial score (nSPS) is 10.6. The van der Waals surface area contributed by atoms with Crippen LogP contribution in [0.15, 0.2) is 66.7 Å². The van der Waals surface area contributed by atoms with E-state index in [4.69, 9.17) is 10.7 Å². The largest absolute Gasteiger partial charge is 0.394 e. The number of pyridine rings is 1. The Kier molecular flexibility index (Phi) is 6.90. The van der Waals surface area contributed by atoms with Crippen LogP contribution >= 0.6 is 0 Å². The van der Waals surface area contributed by atoms with Gasteiger partial charge in [0.1, 0.15) is 0 Å². The fourth-order valence-electron chi connectivity index (χ4n) is 3.27. The molecule has 146 valence electrons. The summed E-state index contributed by atoms with van der Waals surface area (Å²) in [5.74, 6) is 0.840. The van der Waals surface area contributed by atoms with E-state index in [1.165, 1.54) is 11.1 Å². The Balaban J connectivity index is 1.94. The Bertz CT molecular complexity index is 821. The molecule has 0 saturated heterocycles. The van der Waals surface area contributed by atoms with Gasteiger partial charge in [-0.1, -0.05) is 74.0 Å². The van der Waals surface area contributed by atoms with Gasteiger partial charge in [0.05, 0.1) is 11.4 Å². The maximum Gasteiger partial charge on any atom is 0.154 e. The maximum absolute atomic E-state index is 6.58. The number of nitrogens with one attached hydrogen (secondary N) is 1. The molecule has 0 fully saturated rings. The molecule has 3 aromatic rings. The van der Waals surface area contributed by atoms with Crippen LogP contribution in [0.1, 0.15) is 36.6 Å². The fraction of sp³-hybridized carbons (Fsp3) is 0.292. The number of nitrogens with two attached hydrogens (primary N) is 1. The number of aromatic nitrogens is 1. The Hall–Kier alpha value is -3.01. The van der Waals surface area contributed by atoms with Gasteiger partial charge in [0.2, 0.25) is 0 Å². The van der Waals surface area contributed by atoms with Crippen LogP contribution in [-0.4, -0.2) is 11.5 Å². The summed E-state index contributed by atoms with van der Waals surface area (Å²) >= 11 is 0. The maximum atomic E-state index is 6.58. The molecule has 0 amide bonds. The zero-order chi connectivity index (χ0) is 19.8. The molecule has 3 rings (SSSR count). The van der Waals surface area contributed by atoms with Crippen molar-refractivity contribution in [2.45, 2.75) is 39.8 Å². The van der Waals surface area contributed by atoms with Gasteiger partial charge >= 0.3 is 0 Å². The average Bonchev–Trinajstić information content (AvgIpc) is 2.71. The van der Waals surface area contributed by atoms with Crippen LogP contribution in [0, 0.1) is 6.92 Å². The average molecular weight is 375 g/mol. The number of unbranched alkanes of at least 4 members (excludes halogenated alkanes) is 1. The van der Waals surface area contributed by atoms with Gasteiger partial charge in [-0.3, -0.25) is 0 Å². The first-order chi connectivity index (χ1) is 13.7. The molecule has 0 saturated carbocycles. The van der Waals surface area contributed by atoms with Crippen LogP contribution in [0.3, 0.4) is 0 Å². The van der Waals surface area contributed by atoms with E-state index >= 15 is 0 Å². The molecule has 0 spiro atoms. The Labute approximate surface area is 168 Å². The van der Waals surface area contributed by atoms with E-state index in [-0.39, 0.29) is 0 Å². The van der Waals surface area contributed by atoms with Crippen LogP contribution in [-0.2, 0) is 13.1 Å². The third kappa shape index (κ3) is 5.26. The van der Waals surface area contributed by atoms with Gasteiger partial charge in [-0.05, 0) is 30.5 Å². The second-order valence-electron chi connectivity index (χ2n) is 7.16. The molecule has 0 aliphatic rings. The minimum absolute atomic E-state index is 0.716. The summed E-state index contributed by atoms with van der Waals surface area (Å²) in [6.07, 6.45) is 2.27. The fourth-order valence-corrected chi connectivity index (χ4v) is 3.27. The first-order valence-corrected chi connectivity index (χ1v) is 10.0. The van der Waals surface area contributed by atoms with Crippen molar-refractivity contribution in [1.82, 2.24) is 4.98 Å². The van der Waals surface area contributed by atoms with Crippen molar-refractivity contribution in [3.05, 3.63) is 83.6 Å². The molecule has 1 heterocycles. The number of aryl methyl sites for hydroxylation is 1. The zero-order valence-corrected chi connectivity index (χ0v) is 16.9. The minimum Gasteiger partial charge on any atom is -0.394 e. The van der Waals surface area contributed by atoms with Crippen molar-refractivity contribution >= 4 is 17.2 Å². The Morgan fingerprint density at radius 2 is 1.50 bits per heavy atom. The topological polar surface area (TPSA) is 54.2 Å². The lowest BCUT2D eigenvalue weighted by Gasteiger charge is -2.27. The molecular weight excluding hydrogens is 344 g/mol. The second-order valence-corrected chi connectivity index (χ2v) is 7.16. The Morgan fingerprint density at radius 3 is 2.04 bits per heavy atom. The number of nitrogens with zero attached hydrogens (tertiary/aromatic N) is 2. The molecule has 2 aromatic carbocycles. The summed E-state index contributed by atoms with van der Waals surface area (Å²) in [6, 6.07) is 23.0. The van der Waals surface area contributed by atoms with Gasteiger partial charge in [-0.15, -0.1) is 0 Å². The van der Waals surface area contributed by atoms with E-state index in [1.807, 2.05) is 25.1 Å². The molecule has 1 aromatic heterocycles. The quantitative estimate of drug-likeness (QED) is 0.493. The Morgan fingerprint density at radius 1 is 0.929 bits per heavy atom. The van der Waals surface area contributed by atoms with E-state index < -0.39 is 0 Å². The van der Waals surface area contributed by atoms with E-state index in [1.54, 1.807) is 0 Å². The van der Waals surface area contributed by atoms with Crippen molar-refractivity contribution in [2.75, 3.05) is 22.5 Å². The number of anilines is 3. The van der Waals surface area contributed by atoms with Crippen molar-refractivity contribution in [3.8, 4) is 0 Å². The van der Waals surface area contributed by atoms with Crippen molar-refractivity contribution in [3.63, 3.8) is 0 Å². The van der Waals surface area contributed by atoms with Crippen LogP contribution < -0.4 is 16.0 Å². The highest BCUT2D eigenvalue weighted by Crippen LogP contribution is 2.31. The lowest BCUT2D eigenvalue weighted by molar-refractivity contribution is 0.782. The summed E-state index contributed by atoms with van der Waals surface area (Å²) in [6.45, 7) is 6.64. The van der Waals surface area contributed by atoms with Gasteiger partial charge in [0.15, 0.2) is 5.82 Å². The molecule has 0 radical (unpaired) electrons. The van der Waals surface area contributed by atoms with Crippen molar-refractivity contribution < 1.29 is 0 Å². The summed E-state index contributed by atoms with van der Waals surface area (Å²) in [5, 5.41) is 3.49. The van der Waals surface area contributed by atoms with Gasteiger partial charge in [0, 0.05) is 25.3 Å². The highest BCUT2D eigenvalue weighted by atomic mass is 15.2. The van der Waals surface area contributed by atoms with Gasteiger partial charge < -0.3 is 16.0 Å². The number of benzene rings is 2. The highest BCUT2D eigenvalue weighted by Gasteiger charge is 2.16. The predicted molar refractivity (Wildman–Crippen MR) is 120 cm³/mol. The third-order valence-corrected chi connectivity index (χ3v) is 4.74. The number of hydrogen-bond acceptors (Lipinski definition) is 4. The van der Waals surface area contributed by atoms with E-state index in [0.29, 0.717) is 5.69 Å². The summed E-state index contributed by atoms with van der Waals surface area (Å²) in [5.41, 5.74) is 11.7. The number of nitrogen functional groups attached to an aromatic ring is 1. The van der Waals surface area contributed by atoms with Crippen LogP contribution in [0.25, 0.3) is 0 Å². The monoisotopic (exact) mass is 374 g/mol. The van der Waals surface area contributed by atoms with E-state index in [9.17, 15) is 0 Å². The summed E-state index contributed by atoms with van der Waals surface area (Å²) in [7, 11) is 0. The standard InChI is InChI=1S/C24H30N4/c1-3-4-15-26-22-16-19(2)27-24(23(22)25)28(17-20-11-7-5-8-12-20)18-21-13-9-6-10-14-21/h5-14,16H,3-4,15,17-18,25H2,1-2H3,(H,26,27). The molecular formula is C24H30N4. The second kappa shape index (κ2) is 9.79. The predicted octanol–water partition coefficient (Wildman–Crippen LogP) is 5.39. The minimum atomic E-state index is 0.716. The lowest BCUT2D eigenvalue weighted by Crippen LogP contribution is -2.25. The van der Waals surface area contributed by atoms with E-state index in [0.717, 1.165) is 49.7 Å². The smallest absolute Gasteiger partial charge is 0.154 e. The SMILES string of the molecule is CCCCNc1cc(C)nc(N(Cc2ccccc2)Cc2ccccc2)c1N. The molecule has 28 heavy (non-hydrogen) atoms. The molecule has 0 aliphatic heterocycles. The zero-order valence-electron chi connectivity index (χ0n) is 16.9. The summed E-state index contributed by atoms with van der Waals surface area (Å²) < 4.78 is 0. The molecule has 0 unspecified atom stereocenters. The molecule has 0 atom stereocenters. The van der Waals surface area contributed by atoms with Gasteiger partial charge in [0.25, 0.3) is 0 Å². The van der Waals surface area contributed by atoms with Crippen LogP contribution in [0.4, 0.5) is 17.2 Å². The van der Waals surface area contributed by atoms with Crippen LogP contribution in [0.2, 0.25) is 0 Å². The molecule has 3 N–H and O–H groups in total. The van der Waals surface area contributed by atoms with Gasteiger partial charge in [-0.2, -0.15) is 0 Å². The highest BCUT2D eigenvalue weighted by molar-refractivity contribution is 5.78. The third-order valence-electron chi connectivity index (χ3n) is 4.74. The van der Waals surface area contributed by atoms with E-state index in [2.05, 4.69) is 65.7 Å². The first-order valence-electron chi connectivity index (χ1n) is 10.0. The molecule has 0 aliphatic carbocycles. The van der Waals surface area contributed by atoms with Gasteiger partial charge in [-0.25, -0.2) is 4.98 Å². The number of hydrogen-bond donors (Lipinski definition) is 2. The summed E-state index contributed by atoms with van der Waals surface area (Å²) in [4.78, 5) is 7.08. The van der Waals surface area contributed by atoms with Crippen LogP contribution in [0.5, 0.6) is 0 Å². The molecule has 4 nitrogen and oxygen atoms in total. The lowest BCUT2D eigenvalue weighted by atomic mass is 10.1. The molecule has 4 heteroatoms. The number of rotatable bonds is 9. The van der Waals surface area contributed by atoms with Crippen molar-refractivity contribution in [2.24, 2.45) is 0 Å².